The molecule has 1 heterocycles. The molecule has 0 saturated carbocycles. The third kappa shape index (κ3) is 3.18. The van der Waals surface area contributed by atoms with Gasteiger partial charge < -0.3 is 14.8 Å². The second kappa shape index (κ2) is 5.34. The first-order valence-corrected chi connectivity index (χ1v) is 5.46. The predicted molar refractivity (Wildman–Crippen MR) is 61.6 cm³/mol. The molecule has 8 nitrogen and oxygen atoms in total. The van der Waals surface area contributed by atoms with E-state index in [0.717, 1.165) is 0 Å². The molecule has 1 atom stereocenters. The van der Waals surface area contributed by atoms with Crippen molar-refractivity contribution >= 4 is 17.7 Å². The van der Waals surface area contributed by atoms with E-state index in [-0.39, 0.29) is 18.0 Å². The molecule has 1 N–H and O–H groups in total. The van der Waals surface area contributed by atoms with Gasteiger partial charge in [-0.25, -0.2) is 9.59 Å². The number of nitrogens with one attached hydrogen (secondary N) is 1. The Labute approximate surface area is 107 Å². The fourth-order valence-electron chi connectivity index (χ4n) is 1.54. The van der Waals surface area contributed by atoms with Gasteiger partial charge in [0.25, 0.3) is 5.69 Å². The molecule has 8 heteroatoms. The number of hydrogen-bond acceptors (Lipinski definition) is 6. The van der Waals surface area contributed by atoms with E-state index in [1.807, 2.05) is 0 Å². The van der Waals surface area contributed by atoms with Crippen LogP contribution >= 0.6 is 0 Å². The summed E-state index contributed by atoms with van der Waals surface area (Å²) in [5, 5.41) is 12.8. The van der Waals surface area contributed by atoms with Crippen molar-refractivity contribution in [3.05, 3.63) is 34.4 Å². The van der Waals surface area contributed by atoms with Crippen molar-refractivity contribution in [3.8, 4) is 5.75 Å². The van der Waals surface area contributed by atoms with Gasteiger partial charge in [-0.05, 0) is 12.1 Å². The number of cyclic esters (lactones) is 1. The molecule has 1 fully saturated rings. The van der Waals surface area contributed by atoms with Gasteiger partial charge in [-0.1, -0.05) is 0 Å². The maximum atomic E-state index is 11.5. The number of hydrogen-bond donors (Lipinski definition) is 1. The van der Waals surface area contributed by atoms with Crippen LogP contribution in [0.2, 0.25) is 0 Å². The standard InChI is InChI=1S/C11H10N2O6/c14-10-9(5-6-18-10)12-11(15)19-8-3-1-7(2-4-8)13(16)17/h1-4,9H,5-6H2,(H,12,15)/t9-/m0/s1. The van der Waals surface area contributed by atoms with E-state index in [4.69, 9.17) is 4.74 Å². The summed E-state index contributed by atoms with van der Waals surface area (Å²) in [7, 11) is 0. The Bertz CT molecular complexity index is 512. The van der Waals surface area contributed by atoms with Crippen molar-refractivity contribution in [2.24, 2.45) is 0 Å². The van der Waals surface area contributed by atoms with Crippen molar-refractivity contribution in [1.82, 2.24) is 5.32 Å². The lowest BCUT2D eigenvalue weighted by molar-refractivity contribution is -0.384. The summed E-state index contributed by atoms with van der Waals surface area (Å²) in [5.74, 6) is -0.352. The van der Waals surface area contributed by atoms with E-state index in [1.165, 1.54) is 24.3 Å². The van der Waals surface area contributed by atoms with Gasteiger partial charge >= 0.3 is 12.1 Å². The Morgan fingerprint density at radius 2 is 2.11 bits per heavy atom. The van der Waals surface area contributed by atoms with Crippen LogP contribution in [0.3, 0.4) is 0 Å². The van der Waals surface area contributed by atoms with Crippen LogP contribution in [0.1, 0.15) is 6.42 Å². The molecular weight excluding hydrogens is 256 g/mol. The van der Waals surface area contributed by atoms with Crippen molar-refractivity contribution in [2.45, 2.75) is 12.5 Å². The number of nitrogens with zero attached hydrogens (tertiary/aromatic N) is 1. The lowest BCUT2D eigenvalue weighted by atomic mass is 10.2. The highest BCUT2D eigenvalue weighted by molar-refractivity contribution is 5.83. The molecule has 1 amide bonds. The topological polar surface area (TPSA) is 108 Å². The number of rotatable bonds is 3. The van der Waals surface area contributed by atoms with Crippen molar-refractivity contribution < 1.29 is 24.0 Å². The van der Waals surface area contributed by atoms with E-state index >= 15 is 0 Å². The highest BCUT2D eigenvalue weighted by atomic mass is 16.6. The summed E-state index contributed by atoms with van der Waals surface area (Å²) < 4.78 is 9.55. The second-order valence-electron chi connectivity index (χ2n) is 3.79. The van der Waals surface area contributed by atoms with Crippen LogP contribution in [0.25, 0.3) is 0 Å². The third-order valence-corrected chi connectivity index (χ3v) is 2.49. The molecule has 0 aliphatic carbocycles. The second-order valence-corrected chi connectivity index (χ2v) is 3.79. The first-order chi connectivity index (χ1) is 9.06. The van der Waals surface area contributed by atoms with Gasteiger partial charge in [0.2, 0.25) is 0 Å². The van der Waals surface area contributed by atoms with Gasteiger partial charge in [0.1, 0.15) is 11.8 Å². The number of ether oxygens (including phenoxy) is 2. The smallest absolute Gasteiger partial charge is 0.413 e. The quantitative estimate of drug-likeness (QED) is 0.496. The van der Waals surface area contributed by atoms with Crippen LogP contribution in [0, 0.1) is 10.1 Å². The van der Waals surface area contributed by atoms with Gasteiger partial charge in [0.05, 0.1) is 11.5 Å². The van der Waals surface area contributed by atoms with E-state index in [0.29, 0.717) is 6.42 Å². The molecule has 19 heavy (non-hydrogen) atoms. The summed E-state index contributed by atoms with van der Waals surface area (Å²) in [6.45, 7) is 0.265. The Morgan fingerprint density at radius 3 is 2.63 bits per heavy atom. The Balaban J connectivity index is 1.91. The van der Waals surface area contributed by atoms with Gasteiger partial charge in [-0.2, -0.15) is 0 Å². The first-order valence-electron chi connectivity index (χ1n) is 5.46. The van der Waals surface area contributed by atoms with Crippen molar-refractivity contribution in [3.63, 3.8) is 0 Å². The van der Waals surface area contributed by atoms with Crippen LogP contribution in [0.5, 0.6) is 5.75 Å². The van der Waals surface area contributed by atoms with E-state index < -0.39 is 23.0 Å². The number of non-ortho nitro benzene ring substituents is 1. The van der Waals surface area contributed by atoms with E-state index in [2.05, 4.69) is 10.1 Å². The molecule has 1 aromatic carbocycles. The van der Waals surface area contributed by atoms with Gasteiger partial charge in [0.15, 0.2) is 0 Å². The molecule has 0 radical (unpaired) electrons. The Hall–Kier alpha value is -2.64. The fourth-order valence-corrected chi connectivity index (χ4v) is 1.54. The number of carbonyl (C=O) groups excluding carboxylic acids is 2. The summed E-state index contributed by atoms with van der Waals surface area (Å²) in [6, 6.07) is 4.32. The number of benzene rings is 1. The van der Waals surface area contributed by atoms with Crippen LogP contribution < -0.4 is 10.1 Å². The summed E-state index contributed by atoms with van der Waals surface area (Å²) in [4.78, 5) is 32.4. The highest BCUT2D eigenvalue weighted by Gasteiger charge is 2.28. The first kappa shape index (κ1) is 12.8. The number of nitro groups is 1. The Kier molecular flexibility index (Phi) is 3.60. The van der Waals surface area contributed by atoms with Crippen LogP contribution in [-0.4, -0.2) is 29.6 Å². The number of esters is 1. The zero-order valence-corrected chi connectivity index (χ0v) is 9.70. The molecule has 0 unspecified atom stereocenters. The molecule has 100 valence electrons. The predicted octanol–water partition coefficient (Wildman–Crippen LogP) is 0.999. The molecule has 1 saturated heterocycles. The molecule has 1 aliphatic rings. The largest absolute Gasteiger partial charge is 0.464 e. The van der Waals surface area contributed by atoms with E-state index in [1.54, 1.807) is 0 Å². The van der Waals surface area contributed by atoms with Crippen LogP contribution in [-0.2, 0) is 9.53 Å². The molecular formula is C11H10N2O6. The minimum absolute atomic E-state index is 0.105. The zero-order valence-electron chi connectivity index (χ0n) is 9.70. The average molecular weight is 266 g/mol. The monoisotopic (exact) mass is 266 g/mol. The fraction of sp³-hybridized carbons (Fsp3) is 0.273. The van der Waals surface area contributed by atoms with Gasteiger partial charge in [-0.15, -0.1) is 0 Å². The van der Waals surface area contributed by atoms with Gasteiger partial charge in [0, 0.05) is 18.6 Å². The SMILES string of the molecule is O=C(N[C@H]1CCOC1=O)Oc1ccc([N+](=O)[O-])cc1. The van der Waals surface area contributed by atoms with Gasteiger partial charge in [-0.3, -0.25) is 10.1 Å². The average Bonchev–Trinajstić information content (AvgIpc) is 2.75. The molecule has 1 aliphatic heterocycles. The highest BCUT2D eigenvalue weighted by Crippen LogP contribution is 2.17. The number of nitro benzene ring substituents is 1. The number of carbonyl (C=O) groups is 2. The molecule has 0 spiro atoms. The lowest BCUT2D eigenvalue weighted by Crippen LogP contribution is -2.39. The van der Waals surface area contributed by atoms with Crippen molar-refractivity contribution in [2.75, 3.05) is 6.61 Å². The van der Waals surface area contributed by atoms with Crippen LogP contribution in [0.15, 0.2) is 24.3 Å². The maximum absolute atomic E-state index is 11.5. The Morgan fingerprint density at radius 1 is 1.42 bits per heavy atom. The summed E-state index contributed by atoms with van der Waals surface area (Å²) in [5.41, 5.74) is -0.105. The normalized spacial score (nSPS) is 17.7. The summed E-state index contributed by atoms with van der Waals surface area (Å²) in [6.07, 6.45) is -0.411. The minimum atomic E-state index is -0.808. The number of amides is 1. The molecule has 1 aromatic rings. The third-order valence-electron chi connectivity index (χ3n) is 2.49. The molecule has 2 rings (SSSR count). The maximum Gasteiger partial charge on any atom is 0.413 e. The zero-order chi connectivity index (χ0) is 13.8. The lowest BCUT2D eigenvalue weighted by Gasteiger charge is -2.09. The van der Waals surface area contributed by atoms with Crippen molar-refractivity contribution in [1.29, 1.82) is 0 Å². The van der Waals surface area contributed by atoms with Crippen LogP contribution in [0.4, 0.5) is 10.5 Å². The van der Waals surface area contributed by atoms with E-state index in [9.17, 15) is 19.7 Å². The minimum Gasteiger partial charge on any atom is -0.464 e. The summed E-state index contributed by atoms with van der Waals surface area (Å²) >= 11 is 0. The molecule has 0 bridgehead atoms. The molecule has 0 aromatic heterocycles.